The SMILES string of the molecule is O=[N+]([O-])c1ccc2cnn(CCOc3ccc(Br)cc3)c2c1. The third kappa shape index (κ3) is 3.09. The highest BCUT2D eigenvalue weighted by Crippen LogP contribution is 2.21. The highest BCUT2D eigenvalue weighted by Gasteiger charge is 2.10. The summed E-state index contributed by atoms with van der Waals surface area (Å²) in [6.07, 6.45) is 1.69. The predicted octanol–water partition coefficient (Wildman–Crippen LogP) is 3.79. The fraction of sp³-hybridized carbons (Fsp3) is 0.133. The summed E-state index contributed by atoms with van der Waals surface area (Å²) in [5.74, 6) is 0.769. The fourth-order valence-corrected chi connectivity index (χ4v) is 2.40. The summed E-state index contributed by atoms with van der Waals surface area (Å²) in [5, 5.41) is 16.0. The Morgan fingerprint density at radius 1 is 1.23 bits per heavy atom. The van der Waals surface area contributed by atoms with Crippen LogP contribution in [-0.2, 0) is 6.54 Å². The molecule has 0 N–H and O–H groups in total. The van der Waals surface area contributed by atoms with Gasteiger partial charge in [-0.1, -0.05) is 15.9 Å². The molecule has 0 saturated heterocycles. The minimum absolute atomic E-state index is 0.0584. The number of nitro benzene ring substituents is 1. The summed E-state index contributed by atoms with van der Waals surface area (Å²) in [6, 6.07) is 12.3. The first-order valence-electron chi connectivity index (χ1n) is 6.62. The normalized spacial score (nSPS) is 10.8. The van der Waals surface area contributed by atoms with Gasteiger partial charge in [0.25, 0.3) is 5.69 Å². The summed E-state index contributed by atoms with van der Waals surface area (Å²) in [5.41, 5.74) is 0.789. The van der Waals surface area contributed by atoms with Gasteiger partial charge in [0, 0.05) is 22.0 Å². The van der Waals surface area contributed by atoms with E-state index in [1.807, 2.05) is 24.3 Å². The molecule has 2 aromatic carbocycles. The minimum atomic E-state index is -0.408. The second-order valence-electron chi connectivity index (χ2n) is 4.67. The summed E-state index contributed by atoms with van der Waals surface area (Å²) in [7, 11) is 0. The van der Waals surface area contributed by atoms with Gasteiger partial charge in [0.1, 0.15) is 12.4 Å². The molecule has 0 fully saturated rings. The molecule has 3 aromatic rings. The van der Waals surface area contributed by atoms with E-state index in [2.05, 4.69) is 21.0 Å². The maximum absolute atomic E-state index is 10.9. The van der Waals surface area contributed by atoms with Crippen molar-refractivity contribution in [3.8, 4) is 5.75 Å². The van der Waals surface area contributed by atoms with Crippen molar-refractivity contribution >= 4 is 32.5 Å². The predicted molar refractivity (Wildman–Crippen MR) is 86.0 cm³/mol. The van der Waals surface area contributed by atoms with Crippen LogP contribution in [-0.4, -0.2) is 21.3 Å². The van der Waals surface area contributed by atoms with E-state index < -0.39 is 4.92 Å². The number of halogens is 1. The lowest BCUT2D eigenvalue weighted by molar-refractivity contribution is -0.384. The van der Waals surface area contributed by atoms with E-state index in [1.165, 1.54) is 12.1 Å². The molecule has 0 aliphatic carbocycles. The van der Waals surface area contributed by atoms with E-state index in [-0.39, 0.29) is 5.69 Å². The highest BCUT2D eigenvalue weighted by molar-refractivity contribution is 9.10. The quantitative estimate of drug-likeness (QED) is 0.512. The van der Waals surface area contributed by atoms with Gasteiger partial charge < -0.3 is 4.74 Å². The molecular formula is C15H12BrN3O3. The summed E-state index contributed by atoms with van der Waals surface area (Å²) < 4.78 is 8.35. The monoisotopic (exact) mass is 361 g/mol. The van der Waals surface area contributed by atoms with Gasteiger partial charge >= 0.3 is 0 Å². The number of nitro groups is 1. The van der Waals surface area contributed by atoms with Crippen LogP contribution < -0.4 is 4.74 Å². The summed E-state index contributed by atoms with van der Waals surface area (Å²) in [6.45, 7) is 0.946. The van der Waals surface area contributed by atoms with Crippen LogP contribution in [0.25, 0.3) is 10.9 Å². The molecule has 0 atom stereocenters. The standard InChI is InChI=1S/C15H12BrN3O3/c16-12-2-5-14(6-3-12)22-8-7-18-15-9-13(19(20)21)4-1-11(15)10-17-18/h1-6,9-10H,7-8H2. The van der Waals surface area contributed by atoms with Gasteiger partial charge in [-0.3, -0.25) is 14.8 Å². The fourth-order valence-electron chi connectivity index (χ4n) is 2.13. The third-order valence-electron chi connectivity index (χ3n) is 3.22. The number of rotatable bonds is 5. The molecule has 0 aliphatic rings. The van der Waals surface area contributed by atoms with Gasteiger partial charge in [0.2, 0.25) is 0 Å². The van der Waals surface area contributed by atoms with Crippen molar-refractivity contribution < 1.29 is 9.66 Å². The molecule has 0 unspecified atom stereocenters. The van der Waals surface area contributed by atoms with Gasteiger partial charge in [0.15, 0.2) is 0 Å². The lowest BCUT2D eigenvalue weighted by Gasteiger charge is -2.07. The molecule has 112 valence electrons. The van der Waals surface area contributed by atoms with E-state index in [0.29, 0.717) is 13.2 Å². The van der Waals surface area contributed by atoms with Crippen LogP contribution in [0.5, 0.6) is 5.75 Å². The first kappa shape index (κ1) is 14.5. The molecule has 1 heterocycles. The van der Waals surface area contributed by atoms with Crippen LogP contribution in [0.2, 0.25) is 0 Å². The molecule has 0 spiro atoms. The van der Waals surface area contributed by atoms with Crippen LogP contribution in [0.1, 0.15) is 0 Å². The molecule has 0 amide bonds. The molecule has 0 bridgehead atoms. The Balaban J connectivity index is 1.72. The van der Waals surface area contributed by atoms with E-state index >= 15 is 0 Å². The number of ether oxygens (including phenoxy) is 1. The van der Waals surface area contributed by atoms with Crippen LogP contribution in [0, 0.1) is 10.1 Å². The molecular weight excluding hydrogens is 350 g/mol. The van der Waals surface area contributed by atoms with Gasteiger partial charge in [0.05, 0.1) is 23.2 Å². The Hall–Kier alpha value is -2.41. The smallest absolute Gasteiger partial charge is 0.271 e. The second kappa shape index (κ2) is 6.15. The van der Waals surface area contributed by atoms with Crippen molar-refractivity contribution in [2.75, 3.05) is 6.61 Å². The Morgan fingerprint density at radius 3 is 2.73 bits per heavy atom. The van der Waals surface area contributed by atoms with Crippen molar-refractivity contribution in [1.82, 2.24) is 9.78 Å². The number of aromatic nitrogens is 2. The zero-order valence-electron chi connectivity index (χ0n) is 11.5. The van der Waals surface area contributed by atoms with Crippen molar-refractivity contribution in [2.24, 2.45) is 0 Å². The van der Waals surface area contributed by atoms with Crippen molar-refractivity contribution in [3.05, 3.63) is 63.2 Å². The van der Waals surface area contributed by atoms with E-state index in [9.17, 15) is 10.1 Å². The van der Waals surface area contributed by atoms with Crippen LogP contribution in [0.3, 0.4) is 0 Å². The molecule has 6 nitrogen and oxygen atoms in total. The van der Waals surface area contributed by atoms with E-state index in [0.717, 1.165) is 21.1 Å². The van der Waals surface area contributed by atoms with Gasteiger partial charge in [-0.2, -0.15) is 5.10 Å². The lowest BCUT2D eigenvalue weighted by atomic mass is 10.2. The number of non-ortho nitro benzene ring substituents is 1. The second-order valence-corrected chi connectivity index (χ2v) is 5.59. The Labute approximate surface area is 134 Å². The molecule has 7 heteroatoms. The summed E-state index contributed by atoms with van der Waals surface area (Å²) in [4.78, 5) is 10.4. The average molecular weight is 362 g/mol. The van der Waals surface area contributed by atoms with E-state index in [1.54, 1.807) is 16.9 Å². The Kier molecular flexibility index (Phi) is 4.06. The molecule has 22 heavy (non-hydrogen) atoms. The van der Waals surface area contributed by atoms with Gasteiger partial charge in [-0.15, -0.1) is 0 Å². The number of hydrogen-bond acceptors (Lipinski definition) is 4. The topological polar surface area (TPSA) is 70.2 Å². The van der Waals surface area contributed by atoms with Crippen molar-refractivity contribution in [1.29, 1.82) is 0 Å². The van der Waals surface area contributed by atoms with Crippen molar-refractivity contribution in [2.45, 2.75) is 6.54 Å². The average Bonchev–Trinajstić information content (AvgIpc) is 2.92. The molecule has 1 aromatic heterocycles. The maximum Gasteiger partial charge on any atom is 0.271 e. The number of benzene rings is 2. The van der Waals surface area contributed by atoms with Gasteiger partial charge in [-0.25, -0.2) is 0 Å². The number of hydrogen-bond donors (Lipinski definition) is 0. The third-order valence-corrected chi connectivity index (χ3v) is 3.75. The molecule has 0 aliphatic heterocycles. The zero-order chi connectivity index (χ0) is 15.5. The first-order chi connectivity index (χ1) is 10.6. The van der Waals surface area contributed by atoms with Crippen LogP contribution >= 0.6 is 15.9 Å². The lowest BCUT2D eigenvalue weighted by Crippen LogP contribution is -2.09. The molecule has 0 radical (unpaired) electrons. The van der Waals surface area contributed by atoms with Crippen LogP contribution in [0.15, 0.2) is 53.1 Å². The minimum Gasteiger partial charge on any atom is -0.492 e. The zero-order valence-corrected chi connectivity index (χ0v) is 13.1. The molecule has 3 rings (SSSR count). The number of nitrogens with zero attached hydrogens (tertiary/aromatic N) is 3. The van der Waals surface area contributed by atoms with Crippen molar-refractivity contribution in [3.63, 3.8) is 0 Å². The van der Waals surface area contributed by atoms with Crippen LogP contribution in [0.4, 0.5) is 5.69 Å². The highest BCUT2D eigenvalue weighted by atomic mass is 79.9. The van der Waals surface area contributed by atoms with Gasteiger partial charge in [-0.05, 0) is 30.3 Å². The summed E-state index contributed by atoms with van der Waals surface area (Å²) >= 11 is 3.37. The van der Waals surface area contributed by atoms with E-state index in [4.69, 9.17) is 4.74 Å². The Morgan fingerprint density at radius 2 is 2.00 bits per heavy atom. The largest absolute Gasteiger partial charge is 0.492 e. The molecule has 0 saturated carbocycles. The Bertz CT molecular complexity index is 815. The number of fused-ring (bicyclic) bond motifs is 1. The maximum atomic E-state index is 10.9. The first-order valence-corrected chi connectivity index (χ1v) is 7.41.